The van der Waals surface area contributed by atoms with Crippen LogP contribution in [0.4, 0.5) is 0 Å². The maximum Gasteiger partial charge on any atom is 0.239 e. The lowest BCUT2D eigenvalue weighted by Gasteiger charge is -2.33. The highest BCUT2D eigenvalue weighted by Gasteiger charge is 2.35. The van der Waals surface area contributed by atoms with Gasteiger partial charge in [0.1, 0.15) is 0 Å². The number of rotatable bonds is 0. The zero-order valence-electron chi connectivity index (χ0n) is 7.25. The van der Waals surface area contributed by atoms with Gasteiger partial charge in [-0.25, -0.2) is 0 Å². The third-order valence-electron chi connectivity index (χ3n) is 2.69. The van der Waals surface area contributed by atoms with Gasteiger partial charge in [0.05, 0.1) is 6.04 Å². The van der Waals surface area contributed by atoms with E-state index in [1.54, 1.807) is 0 Å². The van der Waals surface area contributed by atoms with Crippen molar-refractivity contribution in [1.82, 2.24) is 10.2 Å². The van der Waals surface area contributed by atoms with E-state index in [1.807, 2.05) is 11.8 Å². The molecule has 2 fully saturated rings. The van der Waals surface area contributed by atoms with Crippen LogP contribution in [-0.4, -0.2) is 36.0 Å². The molecule has 0 saturated carbocycles. The molecule has 0 spiro atoms. The van der Waals surface area contributed by atoms with Crippen molar-refractivity contribution in [3.63, 3.8) is 0 Å². The molecule has 0 aromatic rings. The quantitative estimate of drug-likeness (QED) is 0.600. The Balaban J connectivity index is 0.000000720. The van der Waals surface area contributed by atoms with E-state index in [0.717, 1.165) is 13.1 Å². The molecule has 2 aliphatic rings. The number of halogens is 1. The van der Waals surface area contributed by atoms with Gasteiger partial charge in [0.15, 0.2) is 0 Å². The Morgan fingerprint density at radius 2 is 2.33 bits per heavy atom. The Morgan fingerprint density at radius 3 is 3.08 bits per heavy atom. The molecule has 2 saturated heterocycles. The molecule has 1 amide bonds. The molecule has 3 nitrogen and oxygen atoms in total. The van der Waals surface area contributed by atoms with Gasteiger partial charge in [-0.3, -0.25) is 4.79 Å². The molecule has 0 bridgehead atoms. The van der Waals surface area contributed by atoms with E-state index >= 15 is 0 Å². The van der Waals surface area contributed by atoms with E-state index in [1.165, 1.54) is 12.8 Å². The second-order valence-corrected chi connectivity index (χ2v) is 3.46. The monoisotopic (exact) mass is 190 g/mol. The molecule has 2 rings (SSSR count). The molecule has 12 heavy (non-hydrogen) atoms. The summed E-state index contributed by atoms with van der Waals surface area (Å²) in [6.45, 7) is 3.92. The molecule has 70 valence electrons. The van der Waals surface area contributed by atoms with E-state index in [4.69, 9.17) is 0 Å². The fourth-order valence-electron chi connectivity index (χ4n) is 1.99. The van der Waals surface area contributed by atoms with Gasteiger partial charge in [-0.1, -0.05) is 0 Å². The van der Waals surface area contributed by atoms with Gasteiger partial charge < -0.3 is 10.2 Å². The van der Waals surface area contributed by atoms with Gasteiger partial charge in [-0.05, 0) is 19.8 Å². The number of hydrogen-bond acceptors (Lipinski definition) is 2. The second kappa shape index (κ2) is 3.62. The van der Waals surface area contributed by atoms with Crippen LogP contribution < -0.4 is 5.32 Å². The highest BCUT2D eigenvalue weighted by Crippen LogP contribution is 2.20. The first-order valence-corrected chi connectivity index (χ1v) is 4.33. The molecule has 0 aliphatic carbocycles. The van der Waals surface area contributed by atoms with Crippen molar-refractivity contribution in [3.8, 4) is 0 Å². The van der Waals surface area contributed by atoms with Gasteiger partial charge in [0.25, 0.3) is 0 Å². The Bertz CT molecular complexity index is 186. The second-order valence-electron chi connectivity index (χ2n) is 3.46. The Morgan fingerprint density at radius 1 is 1.58 bits per heavy atom. The molecule has 2 heterocycles. The lowest BCUT2D eigenvalue weighted by Crippen LogP contribution is -2.56. The smallest absolute Gasteiger partial charge is 0.239 e. The fourth-order valence-corrected chi connectivity index (χ4v) is 1.99. The van der Waals surface area contributed by atoms with E-state index in [0.29, 0.717) is 11.9 Å². The van der Waals surface area contributed by atoms with E-state index in [-0.39, 0.29) is 18.4 Å². The molecule has 2 aliphatic heterocycles. The summed E-state index contributed by atoms with van der Waals surface area (Å²) >= 11 is 0. The summed E-state index contributed by atoms with van der Waals surface area (Å²) in [4.78, 5) is 13.5. The third kappa shape index (κ3) is 1.43. The minimum absolute atomic E-state index is 0. The van der Waals surface area contributed by atoms with Crippen LogP contribution in [0.25, 0.3) is 0 Å². The van der Waals surface area contributed by atoms with Crippen molar-refractivity contribution in [2.24, 2.45) is 0 Å². The van der Waals surface area contributed by atoms with Crippen molar-refractivity contribution >= 4 is 18.3 Å². The average molecular weight is 191 g/mol. The first-order chi connectivity index (χ1) is 5.29. The Kier molecular flexibility index (Phi) is 2.96. The van der Waals surface area contributed by atoms with Crippen LogP contribution in [0, 0.1) is 0 Å². The molecule has 0 aromatic heterocycles. The number of amides is 1. The summed E-state index contributed by atoms with van der Waals surface area (Å²) in [5, 5.41) is 3.21. The van der Waals surface area contributed by atoms with Crippen molar-refractivity contribution in [2.45, 2.75) is 31.8 Å². The topological polar surface area (TPSA) is 32.3 Å². The number of piperazine rings is 1. The first kappa shape index (κ1) is 9.81. The average Bonchev–Trinajstić information content (AvgIpc) is 2.45. The molecule has 0 unspecified atom stereocenters. The maximum atomic E-state index is 11.5. The van der Waals surface area contributed by atoms with Crippen LogP contribution in [0.3, 0.4) is 0 Å². The van der Waals surface area contributed by atoms with Crippen molar-refractivity contribution < 1.29 is 4.79 Å². The summed E-state index contributed by atoms with van der Waals surface area (Å²) in [6, 6.07) is 0.544. The predicted octanol–water partition coefficient (Wildman–Crippen LogP) is 0.391. The van der Waals surface area contributed by atoms with Crippen LogP contribution in [-0.2, 0) is 4.79 Å². The van der Waals surface area contributed by atoms with Crippen molar-refractivity contribution in [3.05, 3.63) is 0 Å². The number of fused-ring (bicyclic) bond motifs is 1. The normalized spacial score (nSPS) is 34.4. The van der Waals surface area contributed by atoms with Crippen LogP contribution in [0.15, 0.2) is 0 Å². The molecule has 4 heteroatoms. The molecule has 1 N–H and O–H groups in total. The van der Waals surface area contributed by atoms with E-state index in [9.17, 15) is 4.79 Å². The minimum Gasteiger partial charge on any atom is -0.337 e. The maximum absolute atomic E-state index is 11.5. The summed E-state index contributed by atoms with van der Waals surface area (Å²) in [5.74, 6) is 0.291. The van der Waals surface area contributed by atoms with Crippen molar-refractivity contribution in [2.75, 3.05) is 13.1 Å². The fraction of sp³-hybridized carbons (Fsp3) is 0.875. The summed E-state index contributed by atoms with van der Waals surface area (Å²) < 4.78 is 0. The van der Waals surface area contributed by atoms with Crippen LogP contribution >= 0.6 is 12.4 Å². The van der Waals surface area contributed by atoms with Gasteiger partial charge in [0, 0.05) is 19.1 Å². The standard InChI is InChI=1S/C8H14N2O.ClH/c1-6-8(11)10-4-2-3-7(10)5-9-6;/h6-7,9H,2-5H2,1H3;1H/t6-,7+;/m1./s1. The Labute approximate surface area is 78.9 Å². The lowest BCUT2D eigenvalue weighted by atomic mass is 10.1. The first-order valence-electron chi connectivity index (χ1n) is 4.33. The number of hydrogen-bond donors (Lipinski definition) is 1. The minimum atomic E-state index is 0. The van der Waals surface area contributed by atoms with Crippen molar-refractivity contribution in [1.29, 1.82) is 0 Å². The highest BCUT2D eigenvalue weighted by molar-refractivity contribution is 5.85. The number of nitrogens with one attached hydrogen (secondary N) is 1. The van der Waals surface area contributed by atoms with Gasteiger partial charge in [0.2, 0.25) is 5.91 Å². The van der Waals surface area contributed by atoms with Gasteiger partial charge >= 0.3 is 0 Å². The summed E-state index contributed by atoms with van der Waals surface area (Å²) in [5.41, 5.74) is 0. The third-order valence-corrected chi connectivity index (χ3v) is 2.69. The largest absolute Gasteiger partial charge is 0.337 e. The van der Waals surface area contributed by atoms with Crippen LogP contribution in [0.2, 0.25) is 0 Å². The Hall–Kier alpha value is -0.280. The predicted molar refractivity (Wildman–Crippen MR) is 49.4 cm³/mol. The van der Waals surface area contributed by atoms with Gasteiger partial charge in [-0.2, -0.15) is 0 Å². The van der Waals surface area contributed by atoms with Gasteiger partial charge in [-0.15, -0.1) is 12.4 Å². The van der Waals surface area contributed by atoms with Crippen LogP contribution in [0.1, 0.15) is 19.8 Å². The SMILES string of the molecule is C[C@H]1NC[C@@H]2CCCN2C1=O.Cl. The zero-order chi connectivity index (χ0) is 7.84. The van der Waals surface area contributed by atoms with Crippen LogP contribution in [0.5, 0.6) is 0 Å². The number of carbonyl (C=O) groups is 1. The summed E-state index contributed by atoms with van der Waals surface area (Å²) in [6.07, 6.45) is 2.37. The lowest BCUT2D eigenvalue weighted by molar-refractivity contribution is -0.136. The molecule has 0 aromatic carbocycles. The molecular formula is C8H15ClN2O. The highest BCUT2D eigenvalue weighted by atomic mass is 35.5. The zero-order valence-corrected chi connectivity index (χ0v) is 8.06. The molecule has 2 atom stereocenters. The number of carbonyl (C=O) groups excluding carboxylic acids is 1. The van der Waals surface area contributed by atoms with E-state index < -0.39 is 0 Å². The molecular weight excluding hydrogens is 176 g/mol. The molecule has 0 radical (unpaired) electrons. The van der Waals surface area contributed by atoms with E-state index in [2.05, 4.69) is 5.32 Å². The summed E-state index contributed by atoms with van der Waals surface area (Å²) in [7, 11) is 0. The number of nitrogens with zero attached hydrogens (tertiary/aromatic N) is 1.